The van der Waals surface area contributed by atoms with Gasteiger partial charge in [0.25, 0.3) is 11.8 Å². The topological polar surface area (TPSA) is 99.2 Å². The van der Waals surface area contributed by atoms with Crippen LogP contribution in [0.15, 0.2) is 54.7 Å². The summed E-state index contributed by atoms with van der Waals surface area (Å²) >= 11 is 12.5. The Morgan fingerprint density at radius 3 is 2.59 bits per heavy atom. The first kappa shape index (κ1) is 21.7. The first-order valence-corrected chi connectivity index (χ1v) is 10.3. The Morgan fingerprint density at radius 1 is 1.12 bits per heavy atom. The number of aromatic nitrogens is 2. The monoisotopic (exact) mass is 468 g/mol. The van der Waals surface area contributed by atoms with Gasteiger partial charge in [0.2, 0.25) is 0 Å². The van der Waals surface area contributed by atoms with Gasteiger partial charge in [-0.3, -0.25) is 14.2 Å². The number of hydrogen-bond donors (Lipinski definition) is 2. The largest absolute Gasteiger partial charge is 0.497 e. The zero-order chi connectivity index (χ0) is 23.0. The van der Waals surface area contributed by atoms with Gasteiger partial charge in [0.15, 0.2) is 5.82 Å². The summed E-state index contributed by atoms with van der Waals surface area (Å²) in [6.07, 6.45) is 1.59. The van der Waals surface area contributed by atoms with E-state index in [9.17, 15) is 9.59 Å². The minimum atomic E-state index is -0.705. The van der Waals surface area contributed by atoms with Crippen molar-refractivity contribution in [3.05, 3.63) is 81.6 Å². The van der Waals surface area contributed by atoms with Crippen LogP contribution >= 0.6 is 23.2 Å². The summed E-state index contributed by atoms with van der Waals surface area (Å²) in [7, 11) is 1.57. The maximum Gasteiger partial charge on any atom is 0.272 e. The summed E-state index contributed by atoms with van der Waals surface area (Å²) in [6.45, 7) is 1.73. The SMILES string of the molecule is COc1ccc2c(c1)cc(C(=O)Nc1c(C)cc(Cl)cc1C(N)=O)n2-c1ncccc1Cl. The summed E-state index contributed by atoms with van der Waals surface area (Å²) in [6, 6.07) is 13.6. The van der Waals surface area contributed by atoms with Gasteiger partial charge in [0.05, 0.1) is 28.9 Å². The highest BCUT2D eigenvalue weighted by molar-refractivity contribution is 6.32. The first-order chi connectivity index (χ1) is 15.3. The van der Waals surface area contributed by atoms with Crippen LogP contribution in [0.25, 0.3) is 16.7 Å². The molecule has 0 atom stereocenters. The van der Waals surface area contributed by atoms with E-state index in [0.29, 0.717) is 32.7 Å². The molecule has 0 bridgehead atoms. The van der Waals surface area contributed by atoms with Gasteiger partial charge in [-0.05, 0) is 61.0 Å². The number of aryl methyl sites for hydroxylation is 1. The molecule has 0 aliphatic heterocycles. The number of primary amides is 1. The number of ether oxygens (including phenoxy) is 1. The van der Waals surface area contributed by atoms with Crippen LogP contribution in [0, 0.1) is 6.92 Å². The number of nitrogens with two attached hydrogens (primary N) is 1. The Kier molecular flexibility index (Phi) is 5.78. The molecule has 0 aliphatic rings. The lowest BCUT2D eigenvalue weighted by Crippen LogP contribution is -2.21. The van der Waals surface area contributed by atoms with E-state index in [-0.39, 0.29) is 16.9 Å². The van der Waals surface area contributed by atoms with Crippen LogP contribution in [0.5, 0.6) is 5.75 Å². The number of amides is 2. The van der Waals surface area contributed by atoms with Crippen LogP contribution in [-0.4, -0.2) is 28.5 Å². The van der Waals surface area contributed by atoms with Crippen LogP contribution in [0.1, 0.15) is 26.4 Å². The van der Waals surface area contributed by atoms with Crippen molar-refractivity contribution < 1.29 is 14.3 Å². The normalized spacial score (nSPS) is 10.9. The molecule has 9 heteroatoms. The Hall–Kier alpha value is -3.55. The highest BCUT2D eigenvalue weighted by Gasteiger charge is 2.22. The average Bonchev–Trinajstić information content (AvgIpc) is 3.14. The minimum Gasteiger partial charge on any atom is -0.497 e. The third-order valence-electron chi connectivity index (χ3n) is 5.00. The summed E-state index contributed by atoms with van der Waals surface area (Å²) in [5.74, 6) is -0.153. The average molecular weight is 469 g/mol. The van der Waals surface area contributed by atoms with E-state index in [2.05, 4.69) is 10.3 Å². The maximum atomic E-state index is 13.4. The van der Waals surface area contributed by atoms with E-state index >= 15 is 0 Å². The third kappa shape index (κ3) is 3.88. The molecule has 0 saturated heterocycles. The van der Waals surface area contributed by atoms with Gasteiger partial charge in [0, 0.05) is 16.6 Å². The summed E-state index contributed by atoms with van der Waals surface area (Å²) in [5, 5.41) is 4.26. The number of anilines is 1. The van der Waals surface area contributed by atoms with Crippen LogP contribution < -0.4 is 15.8 Å². The highest BCUT2D eigenvalue weighted by Crippen LogP contribution is 2.31. The Labute approximate surface area is 193 Å². The molecule has 3 N–H and O–H groups in total. The molecule has 2 heterocycles. The molecule has 32 heavy (non-hydrogen) atoms. The predicted molar refractivity (Wildman–Crippen MR) is 125 cm³/mol. The Morgan fingerprint density at radius 2 is 1.91 bits per heavy atom. The summed E-state index contributed by atoms with van der Waals surface area (Å²) < 4.78 is 6.97. The molecule has 4 rings (SSSR count). The molecular formula is C23H18Cl2N4O3. The summed E-state index contributed by atoms with van der Waals surface area (Å²) in [5.41, 5.74) is 7.47. The third-order valence-corrected chi connectivity index (χ3v) is 5.51. The van der Waals surface area contributed by atoms with Gasteiger partial charge < -0.3 is 15.8 Å². The molecule has 2 aromatic heterocycles. The smallest absolute Gasteiger partial charge is 0.272 e. The number of carbonyl (C=O) groups is 2. The van der Waals surface area contributed by atoms with Gasteiger partial charge in [-0.25, -0.2) is 4.98 Å². The molecule has 162 valence electrons. The molecule has 0 spiro atoms. The van der Waals surface area contributed by atoms with Crippen LogP contribution in [0.2, 0.25) is 10.0 Å². The molecule has 2 aromatic carbocycles. The molecule has 0 saturated carbocycles. The quantitative estimate of drug-likeness (QED) is 0.430. The van der Waals surface area contributed by atoms with Gasteiger partial charge in [0.1, 0.15) is 11.4 Å². The minimum absolute atomic E-state index is 0.114. The van der Waals surface area contributed by atoms with Crippen LogP contribution in [-0.2, 0) is 0 Å². The molecule has 4 aromatic rings. The van der Waals surface area contributed by atoms with E-state index in [1.807, 2.05) is 12.1 Å². The van der Waals surface area contributed by atoms with Crippen molar-refractivity contribution in [1.82, 2.24) is 9.55 Å². The summed E-state index contributed by atoms with van der Waals surface area (Å²) in [4.78, 5) is 29.8. The van der Waals surface area contributed by atoms with Crippen molar-refractivity contribution in [2.75, 3.05) is 12.4 Å². The van der Waals surface area contributed by atoms with Gasteiger partial charge in [-0.2, -0.15) is 0 Å². The maximum absolute atomic E-state index is 13.4. The Bertz CT molecular complexity index is 1380. The van der Waals surface area contributed by atoms with E-state index in [1.54, 1.807) is 55.1 Å². The van der Waals surface area contributed by atoms with Crippen molar-refractivity contribution in [3.63, 3.8) is 0 Å². The van der Waals surface area contributed by atoms with Gasteiger partial charge in [-0.15, -0.1) is 0 Å². The second kappa shape index (κ2) is 8.53. The van der Waals surface area contributed by atoms with Gasteiger partial charge >= 0.3 is 0 Å². The van der Waals surface area contributed by atoms with Crippen molar-refractivity contribution in [2.24, 2.45) is 5.73 Å². The van der Waals surface area contributed by atoms with E-state index in [0.717, 1.165) is 5.39 Å². The number of rotatable bonds is 5. The van der Waals surface area contributed by atoms with Crippen molar-refractivity contribution in [1.29, 1.82) is 0 Å². The predicted octanol–water partition coefficient (Wildman–Crippen LogP) is 5.00. The fourth-order valence-electron chi connectivity index (χ4n) is 3.54. The molecule has 0 radical (unpaired) electrons. The zero-order valence-electron chi connectivity index (χ0n) is 17.1. The molecule has 7 nitrogen and oxygen atoms in total. The van der Waals surface area contributed by atoms with Crippen molar-refractivity contribution in [2.45, 2.75) is 6.92 Å². The zero-order valence-corrected chi connectivity index (χ0v) is 18.7. The molecule has 0 aliphatic carbocycles. The fourth-order valence-corrected chi connectivity index (χ4v) is 4.02. The van der Waals surface area contributed by atoms with E-state index < -0.39 is 11.8 Å². The van der Waals surface area contributed by atoms with Crippen molar-refractivity contribution >= 4 is 51.6 Å². The number of nitrogens with zero attached hydrogens (tertiary/aromatic N) is 2. The number of fused-ring (bicyclic) bond motifs is 1. The molecule has 0 unspecified atom stereocenters. The second-order valence-corrected chi connectivity index (χ2v) is 7.91. The molecule has 0 fully saturated rings. The van der Waals surface area contributed by atoms with E-state index in [4.69, 9.17) is 33.7 Å². The number of hydrogen-bond acceptors (Lipinski definition) is 4. The number of methoxy groups -OCH3 is 1. The lowest BCUT2D eigenvalue weighted by atomic mass is 10.1. The first-order valence-electron chi connectivity index (χ1n) is 9.52. The standard InChI is InChI=1S/C23H18Cl2N4O3/c1-12-8-14(24)11-16(21(26)30)20(12)28-23(31)19-10-13-9-15(32-2)5-6-18(13)29(19)22-17(25)4-3-7-27-22/h3-11H,1-2H3,(H2,26,30)(H,28,31). The lowest BCUT2D eigenvalue weighted by Gasteiger charge is -2.15. The van der Waals surface area contributed by atoms with Crippen LogP contribution in [0.4, 0.5) is 5.69 Å². The van der Waals surface area contributed by atoms with E-state index in [1.165, 1.54) is 6.07 Å². The van der Waals surface area contributed by atoms with Crippen LogP contribution in [0.3, 0.4) is 0 Å². The number of pyridine rings is 1. The highest BCUT2D eigenvalue weighted by atomic mass is 35.5. The number of carbonyl (C=O) groups excluding carboxylic acids is 2. The van der Waals surface area contributed by atoms with Gasteiger partial charge in [-0.1, -0.05) is 23.2 Å². The lowest BCUT2D eigenvalue weighted by molar-refractivity contribution is 0.100. The number of halogens is 2. The molecular weight excluding hydrogens is 451 g/mol. The molecule has 2 amide bonds. The second-order valence-electron chi connectivity index (χ2n) is 7.06. The Balaban J connectivity index is 1.90. The fraction of sp³-hybridized carbons (Fsp3) is 0.0870. The van der Waals surface area contributed by atoms with Crippen molar-refractivity contribution in [3.8, 4) is 11.6 Å². The number of nitrogens with one attached hydrogen (secondary N) is 1. The number of benzene rings is 2.